The van der Waals surface area contributed by atoms with E-state index in [0.717, 1.165) is 5.56 Å². The minimum atomic E-state index is -0.254. The fourth-order valence-corrected chi connectivity index (χ4v) is 1.39. The van der Waals surface area contributed by atoms with Gasteiger partial charge in [0, 0.05) is 12.0 Å². The molecule has 1 atom stereocenters. The Morgan fingerprint density at radius 2 is 2.42 bits per heavy atom. The lowest BCUT2D eigenvalue weighted by Gasteiger charge is -2.04. The third-order valence-electron chi connectivity index (χ3n) is 1.97. The number of hydrogen-bond acceptors (Lipinski definition) is 2. The van der Waals surface area contributed by atoms with Gasteiger partial charge in [0.15, 0.2) is 0 Å². The molecule has 1 aliphatic heterocycles. The number of rotatable bonds is 1. The van der Waals surface area contributed by atoms with Crippen molar-refractivity contribution in [3.8, 4) is 5.75 Å². The van der Waals surface area contributed by atoms with Crippen molar-refractivity contribution in [2.45, 2.75) is 12.5 Å². The maximum Gasteiger partial charge on any atom is 0.126 e. The molecule has 1 heterocycles. The minimum absolute atomic E-state index is 0.0176. The second kappa shape index (κ2) is 2.75. The Hall–Kier alpha value is -1.09. The largest absolute Gasteiger partial charge is 0.487 e. The van der Waals surface area contributed by atoms with E-state index in [1.54, 1.807) is 6.07 Å². The maximum absolute atomic E-state index is 12.7. The Kier molecular flexibility index (Phi) is 1.73. The summed E-state index contributed by atoms with van der Waals surface area (Å²) in [4.78, 5) is 0. The molecular formula is C9H9FO2. The third-order valence-corrected chi connectivity index (χ3v) is 1.97. The maximum atomic E-state index is 12.7. The number of aliphatic hydroxyl groups excluding tert-OH is 1. The smallest absolute Gasteiger partial charge is 0.126 e. The van der Waals surface area contributed by atoms with Crippen molar-refractivity contribution in [2.75, 3.05) is 6.61 Å². The van der Waals surface area contributed by atoms with Crippen molar-refractivity contribution in [2.24, 2.45) is 0 Å². The SMILES string of the molecule is OC[C@H]1Cc2cc(F)ccc2O1. The number of hydrogen-bond donors (Lipinski definition) is 1. The monoisotopic (exact) mass is 168 g/mol. The van der Waals surface area contributed by atoms with Gasteiger partial charge in [-0.1, -0.05) is 0 Å². The fourth-order valence-electron chi connectivity index (χ4n) is 1.39. The highest BCUT2D eigenvalue weighted by molar-refractivity contribution is 5.37. The van der Waals surface area contributed by atoms with Crippen LogP contribution in [0.15, 0.2) is 18.2 Å². The molecule has 1 aliphatic rings. The molecule has 0 spiro atoms. The van der Waals surface area contributed by atoms with Crippen LogP contribution in [0.2, 0.25) is 0 Å². The van der Waals surface area contributed by atoms with E-state index in [-0.39, 0.29) is 18.5 Å². The first-order valence-electron chi connectivity index (χ1n) is 3.85. The lowest BCUT2D eigenvalue weighted by molar-refractivity contribution is 0.134. The number of aliphatic hydroxyl groups is 1. The van der Waals surface area contributed by atoms with Crippen LogP contribution in [-0.2, 0) is 6.42 Å². The summed E-state index contributed by atoms with van der Waals surface area (Å²) in [5.74, 6) is 0.436. The highest BCUT2D eigenvalue weighted by Crippen LogP contribution is 2.28. The highest BCUT2D eigenvalue weighted by atomic mass is 19.1. The molecule has 0 amide bonds. The van der Waals surface area contributed by atoms with Gasteiger partial charge in [0.25, 0.3) is 0 Å². The summed E-state index contributed by atoms with van der Waals surface area (Å²) < 4.78 is 18.0. The van der Waals surface area contributed by atoms with Crippen molar-refractivity contribution in [1.82, 2.24) is 0 Å². The zero-order chi connectivity index (χ0) is 8.55. The number of fused-ring (bicyclic) bond motifs is 1. The van der Waals surface area contributed by atoms with Gasteiger partial charge in [-0.25, -0.2) is 4.39 Å². The van der Waals surface area contributed by atoms with E-state index < -0.39 is 0 Å². The van der Waals surface area contributed by atoms with Gasteiger partial charge >= 0.3 is 0 Å². The molecule has 0 radical (unpaired) electrons. The summed E-state index contributed by atoms with van der Waals surface area (Å²) in [5, 5.41) is 8.79. The summed E-state index contributed by atoms with van der Waals surface area (Å²) >= 11 is 0. The van der Waals surface area contributed by atoms with E-state index in [1.165, 1.54) is 12.1 Å². The van der Waals surface area contributed by atoms with E-state index in [1.807, 2.05) is 0 Å². The highest BCUT2D eigenvalue weighted by Gasteiger charge is 2.21. The molecule has 0 unspecified atom stereocenters. The molecule has 0 saturated carbocycles. The molecule has 0 saturated heterocycles. The molecule has 3 heteroatoms. The van der Waals surface area contributed by atoms with Gasteiger partial charge in [-0.15, -0.1) is 0 Å². The van der Waals surface area contributed by atoms with Gasteiger partial charge in [-0.2, -0.15) is 0 Å². The summed E-state index contributed by atoms with van der Waals surface area (Å²) in [6.07, 6.45) is 0.408. The molecule has 1 aromatic rings. The van der Waals surface area contributed by atoms with Crippen LogP contribution in [0.1, 0.15) is 5.56 Å². The second-order valence-electron chi connectivity index (χ2n) is 2.88. The van der Waals surface area contributed by atoms with E-state index in [9.17, 15) is 4.39 Å². The number of halogens is 1. The Bertz CT molecular complexity index is 299. The molecule has 1 N–H and O–H groups in total. The molecule has 2 rings (SSSR count). The molecule has 2 nitrogen and oxygen atoms in total. The second-order valence-corrected chi connectivity index (χ2v) is 2.88. The zero-order valence-electron chi connectivity index (χ0n) is 6.46. The van der Waals surface area contributed by atoms with Crippen LogP contribution in [0.5, 0.6) is 5.75 Å². The number of ether oxygens (including phenoxy) is 1. The third kappa shape index (κ3) is 1.16. The van der Waals surface area contributed by atoms with E-state index in [4.69, 9.17) is 9.84 Å². The first kappa shape index (κ1) is 7.55. The quantitative estimate of drug-likeness (QED) is 0.681. The van der Waals surface area contributed by atoms with Crippen LogP contribution in [-0.4, -0.2) is 17.8 Å². The molecule has 64 valence electrons. The molecular weight excluding hydrogens is 159 g/mol. The lowest BCUT2D eigenvalue weighted by atomic mass is 10.1. The zero-order valence-corrected chi connectivity index (χ0v) is 6.46. The average molecular weight is 168 g/mol. The molecule has 1 aromatic carbocycles. The predicted molar refractivity (Wildman–Crippen MR) is 41.6 cm³/mol. The molecule has 0 aromatic heterocycles. The van der Waals surface area contributed by atoms with Crippen molar-refractivity contribution in [3.63, 3.8) is 0 Å². The van der Waals surface area contributed by atoms with Gasteiger partial charge in [0.1, 0.15) is 17.7 Å². The van der Waals surface area contributed by atoms with Gasteiger partial charge in [0.05, 0.1) is 6.61 Å². The Morgan fingerprint density at radius 1 is 1.58 bits per heavy atom. The minimum Gasteiger partial charge on any atom is -0.487 e. The Balaban J connectivity index is 2.30. The van der Waals surface area contributed by atoms with E-state index in [2.05, 4.69) is 0 Å². The van der Waals surface area contributed by atoms with Crippen LogP contribution >= 0.6 is 0 Å². The van der Waals surface area contributed by atoms with Crippen LogP contribution in [0.25, 0.3) is 0 Å². The topological polar surface area (TPSA) is 29.5 Å². The summed E-state index contributed by atoms with van der Waals surface area (Å²) in [5.41, 5.74) is 0.842. The van der Waals surface area contributed by atoms with Crippen molar-refractivity contribution >= 4 is 0 Å². The average Bonchev–Trinajstić information content (AvgIpc) is 2.46. The van der Waals surface area contributed by atoms with E-state index in [0.29, 0.717) is 12.2 Å². The number of benzene rings is 1. The lowest BCUT2D eigenvalue weighted by Crippen LogP contribution is -2.17. The predicted octanol–water partition coefficient (Wildman–Crippen LogP) is 1.12. The first-order chi connectivity index (χ1) is 5.79. The van der Waals surface area contributed by atoms with Gasteiger partial charge in [-0.3, -0.25) is 0 Å². The van der Waals surface area contributed by atoms with Crippen LogP contribution in [0, 0.1) is 5.82 Å². The van der Waals surface area contributed by atoms with Gasteiger partial charge < -0.3 is 9.84 Å². The standard InChI is InChI=1S/C9H9FO2/c10-7-1-2-9-6(3-7)4-8(5-11)12-9/h1-3,8,11H,4-5H2/t8-/m1/s1. The van der Waals surface area contributed by atoms with Crippen molar-refractivity contribution in [1.29, 1.82) is 0 Å². The van der Waals surface area contributed by atoms with Crippen molar-refractivity contribution < 1.29 is 14.2 Å². The van der Waals surface area contributed by atoms with Gasteiger partial charge in [-0.05, 0) is 18.2 Å². The van der Waals surface area contributed by atoms with E-state index >= 15 is 0 Å². The Labute approximate surface area is 69.6 Å². The summed E-state index contributed by atoms with van der Waals surface area (Å²) in [6.45, 7) is -0.0176. The van der Waals surface area contributed by atoms with Crippen LogP contribution in [0.3, 0.4) is 0 Å². The normalized spacial score (nSPS) is 20.3. The fraction of sp³-hybridized carbons (Fsp3) is 0.333. The molecule has 0 bridgehead atoms. The van der Waals surface area contributed by atoms with Crippen LogP contribution in [0.4, 0.5) is 4.39 Å². The Morgan fingerprint density at radius 3 is 3.17 bits per heavy atom. The van der Waals surface area contributed by atoms with Crippen molar-refractivity contribution in [3.05, 3.63) is 29.6 Å². The van der Waals surface area contributed by atoms with Gasteiger partial charge in [0.2, 0.25) is 0 Å². The molecule has 12 heavy (non-hydrogen) atoms. The molecule has 0 fully saturated rings. The summed E-state index contributed by atoms with van der Waals surface area (Å²) in [6, 6.07) is 4.41. The van der Waals surface area contributed by atoms with Crippen LogP contribution < -0.4 is 4.74 Å². The first-order valence-corrected chi connectivity index (χ1v) is 3.85. The summed E-state index contributed by atoms with van der Waals surface area (Å²) in [7, 11) is 0. The molecule has 0 aliphatic carbocycles.